The molecule has 1 aliphatic carbocycles. The molecule has 2 N–H and O–H groups in total. The van der Waals surface area contributed by atoms with E-state index in [1.54, 1.807) is 13.3 Å². The number of carbonyl (C=O) groups excluding carboxylic acids is 1. The quantitative estimate of drug-likeness (QED) is 0.580. The molecule has 2 aromatic heterocycles. The van der Waals surface area contributed by atoms with E-state index in [1.807, 2.05) is 18.7 Å². The number of ether oxygens (including phenoxy) is 1. The normalized spacial score (nSPS) is 18.2. The van der Waals surface area contributed by atoms with Crippen LogP contribution >= 0.6 is 11.6 Å². The number of nitrogen functional groups attached to an aromatic ring is 1. The van der Waals surface area contributed by atoms with E-state index in [1.165, 1.54) is 12.8 Å². The number of pyridine rings is 1. The molecule has 1 aliphatic heterocycles. The molecule has 1 fully saturated rings. The average molecular weight is 428 g/mol. The van der Waals surface area contributed by atoms with Gasteiger partial charge in [-0.25, -0.2) is 4.98 Å². The SMILES string of the molecule is COc1c(C)cnc(CN2CC(=CC3CCCC3)C(=O)c3c(Cl)nc(N)nc32)c1C. The summed E-state index contributed by atoms with van der Waals surface area (Å²) in [7, 11) is 1.66. The Morgan fingerprint density at radius 1 is 1.30 bits per heavy atom. The van der Waals surface area contributed by atoms with Crippen molar-refractivity contribution in [3.8, 4) is 5.75 Å². The summed E-state index contributed by atoms with van der Waals surface area (Å²) in [6.07, 6.45) is 8.56. The van der Waals surface area contributed by atoms with Crippen molar-refractivity contribution in [1.82, 2.24) is 15.0 Å². The molecule has 0 aromatic carbocycles. The highest BCUT2D eigenvalue weighted by atomic mass is 35.5. The monoisotopic (exact) mass is 427 g/mol. The summed E-state index contributed by atoms with van der Waals surface area (Å²) in [6.45, 7) is 4.85. The number of Topliss-reactive ketones (excluding diaryl/α,β-unsaturated/α-hetero) is 1. The molecule has 0 unspecified atom stereocenters. The van der Waals surface area contributed by atoms with Gasteiger partial charge in [-0.3, -0.25) is 9.78 Å². The van der Waals surface area contributed by atoms with Crippen LogP contribution in [0.5, 0.6) is 5.75 Å². The second kappa shape index (κ2) is 8.22. The van der Waals surface area contributed by atoms with Crippen LogP contribution in [0.4, 0.5) is 11.8 Å². The largest absolute Gasteiger partial charge is 0.496 e. The first kappa shape index (κ1) is 20.6. The van der Waals surface area contributed by atoms with Crippen LogP contribution in [0.25, 0.3) is 0 Å². The van der Waals surface area contributed by atoms with Gasteiger partial charge in [0.2, 0.25) is 5.95 Å². The maximum Gasteiger partial charge on any atom is 0.223 e. The van der Waals surface area contributed by atoms with Crippen molar-refractivity contribution in [3.05, 3.63) is 45.4 Å². The Hall–Kier alpha value is -2.67. The van der Waals surface area contributed by atoms with Crippen LogP contribution in [-0.2, 0) is 6.54 Å². The Labute approximate surface area is 181 Å². The maximum absolute atomic E-state index is 13.2. The van der Waals surface area contributed by atoms with Crippen molar-refractivity contribution in [2.75, 3.05) is 24.3 Å². The van der Waals surface area contributed by atoms with E-state index in [9.17, 15) is 4.79 Å². The molecule has 0 amide bonds. The number of ketones is 1. The number of nitrogens with two attached hydrogens (primary N) is 1. The number of methoxy groups -OCH3 is 1. The Bertz CT molecular complexity index is 1030. The fourth-order valence-electron chi connectivity index (χ4n) is 4.45. The van der Waals surface area contributed by atoms with Crippen LogP contribution in [0.1, 0.15) is 52.9 Å². The molecule has 0 saturated heterocycles. The molecule has 1 saturated carbocycles. The minimum Gasteiger partial charge on any atom is -0.496 e. The summed E-state index contributed by atoms with van der Waals surface area (Å²) in [6, 6.07) is 0. The first-order chi connectivity index (χ1) is 14.4. The van der Waals surface area contributed by atoms with Crippen molar-refractivity contribution in [2.24, 2.45) is 5.92 Å². The van der Waals surface area contributed by atoms with Gasteiger partial charge < -0.3 is 15.4 Å². The number of rotatable bonds is 4. The summed E-state index contributed by atoms with van der Waals surface area (Å²) in [5.74, 6) is 1.65. The van der Waals surface area contributed by atoms with Crippen molar-refractivity contribution < 1.29 is 9.53 Å². The van der Waals surface area contributed by atoms with Gasteiger partial charge in [0.1, 0.15) is 22.3 Å². The van der Waals surface area contributed by atoms with Crippen LogP contribution in [0.15, 0.2) is 17.8 Å². The number of halogens is 1. The minimum absolute atomic E-state index is 0.0472. The Balaban J connectivity index is 1.77. The predicted molar refractivity (Wildman–Crippen MR) is 117 cm³/mol. The molecule has 8 heteroatoms. The average Bonchev–Trinajstić information content (AvgIpc) is 3.20. The Morgan fingerprint density at radius 2 is 2.03 bits per heavy atom. The lowest BCUT2D eigenvalue weighted by atomic mass is 9.94. The smallest absolute Gasteiger partial charge is 0.223 e. The molecular formula is C22H26ClN5O2. The summed E-state index contributed by atoms with van der Waals surface area (Å²) in [5, 5.41) is 0.0932. The summed E-state index contributed by atoms with van der Waals surface area (Å²) < 4.78 is 5.55. The molecule has 2 aliphatic rings. The van der Waals surface area contributed by atoms with Gasteiger partial charge in [-0.1, -0.05) is 30.5 Å². The van der Waals surface area contributed by atoms with Gasteiger partial charge >= 0.3 is 0 Å². The van der Waals surface area contributed by atoms with E-state index in [-0.39, 0.29) is 16.9 Å². The summed E-state index contributed by atoms with van der Waals surface area (Å²) in [4.78, 5) is 28.2. The zero-order valence-electron chi connectivity index (χ0n) is 17.5. The first-order valence-corrected chi connectivity index (χ1v) is 10.6. The lowest BCUT2D eigenvalue weighted by Crippen LogP contribution is -2.36. The molecule has 158 valence electrons. The minimum atomic E-state index is -0.107. The van der Waals surface area contributed by atoms with E-state index in [0.29, 0.717) is 30.4 Å². The Morgan fingerprint density at radius 3 is 2.73 bits per heavy atom. The van der Waals surface area contributed by atoms with Gasteiger partial charge in [0.15, 0.2) is 5.78 Å². The molecule has 0 radical (unpaired) electrons. The summed E-state index contributed by atoms with van der Waals surface area (Å²) >= 11 is 6.35. The van der Waals surface area contributed by atoms with Crippen LogP contribution in [0.3, 0.4) is 0 Å². The molecule has 2 aromatic rings. The molecular weight excluding hydrogens is 402 g/mol. The molecule has 4 rings (SSSR count). The second-order valence-electron chi connectivity index (χ2n) is 8.04. The number of nitrogens with zero attached hydrogens (tertiary/aromatic N) is 4. The number of anilines is 2. The number of hydrogen-bond acceptors (Lipinski definition) is 7. The lowest BCUT2D eigenvalue weighted by molar-refractivity contribution is 0.102. The van der Waals surface area contributed by atoms with E-state index < -0.39 is 0 Å². The number of allylic oxidation sites excluding steroid dienone is 1. The standard InChI is InChI=1S/C22H26ClN5O2/c1-12-9-25-16(13(2)19(12)30-3)11-28-10-15(8-14-6-4-5-7-14)18(29)17-20(23)26-22(24)27-21(17)28/h8-9,14H,4-7,10-11H2,1-3H3,(H2,24,26,27). The van der Waals surface area contributed by atoms with Crippen LogP contribution in [0, 0.1) is 19.8 Å². The number of fused-ring (bicyclic) bond motifs is 1. The Kier molecular flexibility index (Phi) is 5.64. The highest BCUT2D eigenvalue weighted by Gasteiger charge is 2.33. The molecule has 7 nitrogen and oxygen atoms in total. The molecule has 3 heterocycles. The van der Waals surface area contributed by atoms with Crippen molar-refractivity contribution >= 4 is 29.2 Å². The van der Waals surface area contributed by atoms with E-state index in [2.05, 4.69) is 21.0 Å². The molecule has 0 spiro atoms. The third kappa shape index (κ3) is 3.74. The topological polar surface area (TPSA) is 94.2 Å². The van der Waals surface area contributed by atoms with Gasteiger partial charge in [-0.2, -0.15) is 4.98 Å². The number of hydrogen-bond donors (Lipinski definition) is 1. The van der Waals surface area contributed by atoms with Crippen molar-refractivity contribution in [3.63, 3.8) is 0 Å². The van der Waals surface area contributed by atoms with Crippen molar-refractivity contribution in [2.45, 2.75) is 46.1 Å². The zero-order chi connectivity index (χ0) is 21.4. The molecule has 0 bridgehead atoms. The number of carbonyl (C=O) groups is 1. The third-order valence-corrected chi connectivity index (χ3v) is 6.24. The summed E-state index contributed by atoms with van der Waals surface area (Å²) in [5.41, 5.74) is 9.70. The van der Waals surface area contributed by atoms with Crippen LogP contribution in [-0.4, -0.2) is 34.4 Å². The third-order valence-electron chi connectivity index (χ3n) is 5.97. The molecule has 0 atom stereocenters. The van der Waals surface area contributed by atoms with Gasteiger partial charge in [0.25, 0.3) is 0 Å². The highest BCUT2D eigenvalue weighted by molar-refractivity contribution is 6.35. The van der Waals surface area contributed by atoms with Crippen LogP contribution in [0.2, 0.25) is 5.15 Å². The van der Waals surface area contributed by atoms with Crippen molar-refractivity contribution in [1.29, 1.82) is 0 Å². The van der Waals surface area contributed by atoms with Gasteiger partial charge in [0.05, 0.1) is 19.3 Å². The number of aryl methyl sites for hydroxylation is 1. The second-order valence-corrected chi connectivity index (χ2v) is 8.40. The fourth-order valence-corrected chi connectivity index (χ4v) is 4.71. The van der Waals surface area contributed by atoms with E-state index in [4.69, 9.17) is 22.1 Å². The zero-order valence-corrected chi connectivity index (χ0v) is 18.3. The lowest BCUT2D eigenvalue weighted by Gasteiger charge is -2.32. The van der Waals surface area contributed by atoms with E-state index in [0.717, 1.165) is 41.0 Å². The van der Waals surface area contributed by atoms with Crippen LogP contribution < -0.4 is 15.4 Å². The predicted octanol–water partition coefficient (Wildman–Crippen LogP) is 4.05. The fraction of sp³-hybridized carbons (Fsp3) is 0.455. The van der Waals surface area contributed by atoms with Gasteiger partial charge in [0, 0.05) is 29.4 Å². The van der Waals surface area contributed by atoms with Gasteiger partial charge in [-0.15, -0.1) is 0 Å². The van der Waals surface area contributed by atoms with Gasteiger partial charge in [-0.05, 0) is 32.6 Å². The number of aromatic nitrogens is 3. The molecule has 30 heavy (non-hydrogen) atoms. The first-order valence-electron chi connectivity index (χ1n) is 10.2. The van der Waals surface area contributed by atoms with E-state index >= 15 is 0 Å². The maximum atomic E-state index is 13.2. The highest BCUT2D eigenvalue weighted by Crippen LogP contribution is 2.36.